The average Bonchev–Trinajstić information content (AvgIpc) is 2.46. The van der Waals surface area contributed by atoms with Crippen molar-refractivity contribution >= 4 is 16.9 Å². The molecule has 0 bridgehead atoms. The molecule has 0 unspecified atom stereocenters. The van der Waals surface area contributed by atoms with Crippen LogP contribution < -0.4 is 14.2 Å². The van der Waals surface area contributed by atoms with Gasteiger partial charge in [-0.15, -0.1) is 0 Å². The van der Waals surface area contributed by atoms with Crippen LogP contribution in [-0.2, 0) is 4.74 Å². The van der Waals surface area contributed by atoms with Crippen molar-refractivity contribution in [2.75, 3.05) is 13.7 Å². The average molecular weight is 318 g/mol. The van der Waals surface area contributed by atoms with Crippen LogP contribution in [0.5, 0.6) is 17.2 Å². The molecule has 0 aromatic heterocycles. The van der Waals surface area contributed by atoms with E-state index in [4.69, 9.17) is 18.9 Å². The summed E-state index contributed by atoms with van der Waals surface area (Å²) < 4.78 is 21.6. The van der Waals surface area contributed by atoms with E-state index >= 15 is 0 Å². The van der Waals surface area contributed by atoms with E-state index in [0.717, 1.165) is 10.8 Å². The Kier molecular flexibility index (Phi) is 4.98. The molecule has 0 atom stereocenters. The zero-order valence-corrected chi connectivity index (χ0v) is 14.1. The predicted molar refractivity (Wildman–Crippen MR) is 88.5 cm³/mol. The molecule has 0 radical (unpaired) electrons. The van der Waals surface area contributed by atoms with Crippen molar-refractivity contribution in [2.45, 2.75) is 33.3 Å². The summed E-state index contributed by atoms with van der Waals surface area (Å²) in [6, 6.07) is 9.29. The summed E-state index contributed by atoms with van der Waals surface area (Å²) >= 11 is 0. The molecule has 2 aromatic rings. The molecule has 0 saturated carbocycles. The van der Waals surface area contributed by atoms with Gasteiger partial charge in [0.05, 0.1) is 13.7 Å². The van der Waals surface area contributed by atoms with Crippen LogP contribution in [0.1, 0.15) is 27.7 Å². The Bertz CT molecular complexity index is 700. The summed E-state index contributed by atoms with van der Waals surface area (Å²) in [6.07, 6.45) is -0.775. The largest absolute Gasteiger partial charge is 0.513 e. The SMILES string of the molecule is CCOC(=O)Oc1cc(OC(C)(C)C)c2ccccc2c1OC. The first-order valence-electron chi connectivity index (χ1n) is 7.49. The molecule has 124 valence electrons. The van der Waals surface area contributed by atoms with E-state index in [1.165, 1.54) is 7.11 Å². The highest BCUT2D eigenvalue weighted by Gasteiger charge is 2.21. The number of rotatable bonds is 4. The predicted octanol–water partition coefficient (Wildman–Crippen LogP) is 4.56. The molecule has 2 rings (SSSR count). The molecule has 0 aliphatic carbocycles. The van der Waals surface area contributed by atoms with Gasteiger partial charge in [-0.25, -0.2) is 4.79 Å². The molecule has 0 spiro atoms. The summed E-state index contributed by atoms with van der Waals surface area (Å²) in [6.45, 7) is 7.82. The van der Waals surface area contributed by atoms with Crippen molar-refractivity contribution in [2.24, 2.45) is 0 Å². The molecule has 0 aliphatic heterocycles. The second-order valence-corrected chi connectivity index (χ2v) is 5.95. The maximum absolute atomic E-state index is 11.7. The van der Waals surface area contributed by atoms with Gasteiger partial charge in [0.1, 0.15) is 11.4 Å². The summed E-state index contributed by atoms with van der Waals surface area (Å²) in [7, 11) is 1.53. The lowest BCUT2D eigenvalue weighted by Gasteiger charge is -2.23. The molecular weight excluding hydrogens is 296 g/mol. The first-order valence-corrected chi connectivity index (χ1v) is 7.49. The van der Waals surface area contributed by atoms with Crippen molar-refractivity contribution in [3.63, 3.8) is 0 Å². The topological polar surface area (TPSA) is 54.0 Å². The summed E-state index contributed by atoms with van der Waals surface area (Å²) in [5.74, 6) is 1.35. The Morgan fingerprint density at radius 2 is 1.74 bits per heavy atom. The van der Waals surface area contributed by atoms with Crippen LogP contribution in [0.4, 0.5) is 4.79 Å². The van der Waals surface area contributed by atoms with Gasteiger partial charge in [0.15, 0.2) is 11.5 Å². The number of ether oxygens (including phenoxy) is 4. The Labute approximate surface area is 136 Å². The fourth-order valence-corrected chi connectivity index (χ4v) is 2.23. The van der Waals surface area contributed by atoms with Gasteiger partial charge < -0.3 is 18.9 Å². The van der Waals surface area contributed by atoms with Crippen LogP contribution in [0.3, 0.4) is 0 Å². The highest BCUT2D eigenvalue weighted by molar-refractivity contribution is 5.96. The number of carbonyl (C=O) groups excluding carboxylic acids is 1. The third-order valence-corrected chi connectivity index (χ3v) is 3.00. The van der Waals surface area contributed by atoms with Crippen molar-refractivity contribution in [3.8, 4) is 17.2 Å². The lowest BCUT2D eigenvalue weighted by atomic mass is 10.1. The van der Waals surface area contributed by atoms with Gasteiger partial charge in [-0.1, -0.05) is 24.3 Å². The van der Waals surface area contributed by atoms with Gasteiger partial charge in [-0.3, -0.25) is 0 Å². The number of benzene rings is 2. The van der Waals surface area contributed by atoms with E-state index in [9.17, 15) is 4.79 Å². The van der Waals surface area contributed by atoms with Crippen LogP contribution in [-0.4, -0.2) is 25.5 Å². The van der Waals surface area contributed by atoms with Gasteiger partial charge in [0.25, 0.3) is 0 Å². The minimum atomic E-state index is -0.775. The van der Waals surface area contributed by atoms with Gasteiger partial charge in [0.2, 0.25) is 0 Å². The lowest BCUT2D eigenvalue weighted by molar-refractivity contribution is 0.102. The monoisotopic (exact) mass is 318 g/mol. The number of hydrogen-bond donors (Lipinski definition) is 0. The Balaban J connectivity index is 2.59. The summed E-state index contributed by atoms with van der Waals surface area (Å²) in [5.41, 5.74) is -0.390. The number of hydrogen-bond acceptors (Lipinski definition) is 5. The van der Waals surface area contributed by atoms with Crippen molar-refractivity contribution < 1.29 is 23.7 Å². The van der Waals surface area contributed by atoms with E-state index in [0.29, 0.717) is 11.5 Å². The molecule has 0 amide bonds. The fourth-order valence-electron chi connectivity index (χ4n) is 2.23. The smallest absolute Gasteiger partial charge is 0.492 e. The number of carbonyl (C=O) groups is 1. The molecule has 0 aliphatic rings. The third-order valence-electron chi connectivity index (χ3n) is 3.00. The van der Waals surface area contributed by atoms with Crippen LogP contribution in [0, 0.1) is 0 Å². The van der Waals surface area contributed by atoms with E-state index in [1.54, 1.807) is 13.0 Å². The van der Waals surface area contributed by atoms with Crippen LogP contribution in [0.25, 0.3) is 10.8 Å². The summed E-state index contributed by atoms with van der Waals surface area (Å²) in [4.78, 5) is 11.7. The van der Waals surface area contributed by atoms with Crippen molar-refractivity contribution in [1.29, 1.82) is 0 Å². The van der Waals surface area contributed by atoms with Crippen LogP contribution in [0.15, 0.2) is 30.3 Å². The minimum Gasteiger partial charge on any atom is -0.492 e. The molecule has 0 heterocycles. The Morgan fingerprint density at radius 1 is 1.09 bits per heavy atom. The van der Waals surface area contributed by atoms with E-state index < -0.39 is 11.8 Å². The number of methoxy groups -OCH3 is 1. The summed E-state index contributed by atoms with van der Waals surface area (Å²) in [5, 5.41) is 1.69. The molecule has 23 heavy (non-hydrogen) atoms. The molecular formula is C18H22O5. The number of fused-ring (bicyclic) bond motifs is 1. The molecule has 5 nitrogen and oxygen atoms in total. The second-order valence-electron chi connectivity index (χ2n) is 5.95. The normalized spacial score (nSPS) is 11.2. The highest BCUT2D eigenvalue weighted by Crippen LogP contribution is 2.42. The molecule has 0 N–H and O–H groups in total. The third kappa shape index (κ3) is 4.06. The maximum atomic E-state index is 11.7. The lowest BCUT2D eigenvalue weighted by Crippen LogP contribution is -2.23. The van der Waals surface area contributed by atoms with Crippen molar-refractivity contribution in [3.05, 3.63) is 30.3 Å². The van der Waals surface area contributed by atoms with Gasteiger partial charge >= 0.3 is 6.16 Å². The molecule has 5 heteroatoms. The first kappa shape index (κ1) is 16.9. The van der Waals surface area contributed by atoms with Crippen molar-refractivity contribution in [1.82, 2.24) is 0 Å². The molecule has 0 saturated heterocycles. The Hall–Kier alpha value is -2.43. The quantitative estimate of drug-likeness (QED) is 0.611. The van der Waals surface area contributed by atoms with E-state index in [1.807, 2.05) is 45.0 Å². The van der Waals surface area contributed by atoms with Crippen LogP contribution >= 0.6 is 0 Å². The fraction of sp³-hybridized carbons (Fsp3) is 0.389. The van der Waals surface area contributed by atoms with Gasteiger partial charge in [0, 0.05) is 16.8 Å². The first-order chi connectivity index (χ1) is 10.9. The van der Waals surface area contributed by atoms with Gasteiger partial charge in [-0.2, -0.15) is 0 Å². The zero-order valence-electron chi connectivity index (χ0n) is 14.1. The standard InChI is InChI=1S/C18H22O5/c1-6-21-17(19)22-15-11-14(23-18(2,3)4)12-9-7-8-10-13(12)16(15)20-5/h7-11H,6H2,1-5H3. The highest BCUT2D eigenvalue weighted by atomic mass is 16.7. The molecule has 2 aromatic carbocycles. The maximum Gasteiger partial charge on any atom is 0.513 e. The second kappa shape index (κ2) is 6.77. The van der Waals surface area contributed by atoms with E-state index in [-0.39, 0.29) is 12.4 Å². The van der Waals surface area contributed by atoms with Gasteiger partial charge in [-0.05, 0) is 27.7 Å². The van der Waals surface area contributed by atoms with Crippen LogP contribution in [0.2, 0.25) is 0 Å². The Morgan fingerprint density at radius 3 is 2.30 bits per heavy atom. The molecule has 0 fully saturated rings. The zero-order chi connectivity index (χ0) is 17.0. The minimum absolute atomic E-state index is 0.236. The van der Waals surface area contributed by atoms with E-state index in [2.05, 4.69) is 0 Å².